The van der Waals surface area contributed by atoms with Gasteiger partial charge in [-0.15, -0.1) is 0 Å². The fraction of sp³-hybridized carbons (Fsp3) is 1.00. The van der Waals surface area contributed by atoms with E-state index in [0.29, 0.717) is 6.42 Å². The zero-order valence-corrected chi connectivity index (χ0v) is 8.61. The Labute approximate surface area is 85.0 Å². The fourth-order valence-corrected chi connectivity index (χ4v) is 2.93. The summed E-state index contributed by atoms with van der Waals surface area (Å²) in [6.07, 6.45) is 3.43. The van der Waals surface area contributed by atoms with Crippen molar-refractivity contribution >= 4 is 0 Å². The normalized spacial score (nSPS) is 34.5. The van der Waals surface area contributed by atoms with Gasteiger partial charge in [0, 0.05) is 13.0 Å². The largest absolute Gasteiger partial charge is 0.297 e. The summed E-state index contributed by atoms with van der Waals surface area (Å²) in [7, 11) is -4.26. The molecule has 82 valence electrons. The number of rotatable bonds is 2. The number of fused-ring (bicyclic) bond motifs is 1. The molecule has 2 heterocycles. The molecule has 2 aliphatic heterocycles. The third kappa shape index (κ3) is 2.36. The van der Waals surface area contributed by atoms with E-state index in [9.17, 15) is 14.0 Å². The van der Waals surface area contributed by atoms with Crippen LogP contribution in [0, 0.1) is 10.2 Å². The summed E-state index contributed by atoms with van der Waals surface area (Å²) in [6.45, 7) is 1.85. The fourth-order valence-electron chi connectivity index (χ4n) is 2.44. The van der Waals surface area contributed by atoms with Gasteiger partial charge in [-0.3, -0.25) is 4.90 Å². The summed E-state index contributed by atoms with van der Waals surface area (Å²) in [4.78, 5) is 2.22. The zero-order chi connectivity index (χ0) is 10.2. The van der Waals surface area contributed by atoms with Crippen LogP contribution >= 0.6 is 0 Å². The maximum Gasteiger partial charge on any atom is 0.230 e. The van der Waals surface area contributed by atoms with Gasteiger partial charge in [-0.2, -0.15) is 14.0 Å². The molecule has 2 atom stereocenters. The van der Waals surface area contributed by atoms with Crippen LogP contribution in [0.25, 0.3) is 0 Å². The van der Waals surface area contributed by atoms with Gasteiger partial charge in [-0.1, -0.05) is 6.42 Å². The SMILES string of the molecule is [O-][Cl+3]([O-])([O-])OC1CCN2CCCCC12. The van der Waals surface area contributed by atoms with Gasteiger partial charge in [0.1, 0.15) is 0 Å². The standard InChI is InChI=1S/C8H14ClNO4/c11-9(12,13)14-8-4-6-10-5-2-1-3-7(8)10/h7-8H,1-6H2. The van der Waals surface area contributed by atoms with Gasteiger partial charge in [-0.05, 0) is 19.4 Å². The van der Waals surface area contributed by atoms with E-state index < -0.39 is 16.3 Å². The quantitative estimate of drug-likeness (QED) is 0.518. The Morgan fingerprint density at radius 3 is 2.57 bits per heavy atom. The van der Waals surface area contributed by atoms with Gasteiger partial charge < -0.3 is 0 Å². The topological polar surface area (TPSA) is 81.6 Å². The lowest BCUT2D eigenvalue weighted by Gasteiger charge is -2.30. The molecule has 2 saturated heterocycles. The van der Waals surface area contributed by atoms with E-state index in [0.717, 1.165) is 32.4 Å². The molecule has 0 aliphatic carbocycles. The molecule has 14 heavy (non-hydrogen) atoms. The summed E-state index contributed by atoms with van der Waals surface area (Å²) < 4.78 is 35.8. The maximum atomic E-state index is 10.4. The first-order valence-electron chi connectivity index (χ1n) is 4.89. The Morgan fingerprint density at radius 1 is 1.07 bits per heavy atom. The second kappa shape index (κ2) is 3.92. The minimum Gasteiger partial charge on any atom is -0.297 e. The van der Waals surface area contributed by atoms with Crippen molar-refractivity contribution in [3.05, 3.63) is 0 Å². The van der Waals surface area contributed by atoms with Crippen LogP contribution in [0.2, 0.25) is 0 Å². The van der Waals surface area contributed by atoms with Gasteiger partial charge in [0.15, 0.2) is 0 Å². The molecule has 2 aliphatic rings. The van der Waals surface area contributed by atoms with Crippen LogP contribution in [0.5, 0.6) is 0 Å². The molecule has 6 heteroatoms. The van der Waals surface area contributed by atoms with Crippen LogP contribution in [0.4, 0.5) is 0 Å². The van der Waals surface area contributed by atoms with Gasteiger partial charge in [-0.25, -0.2) is 0 Å². The number of nitrogens with zero attached hydrogens (tertiary/aromatic N) is 1. The molecule has 2 fully saturated rings. The molecule has 0 bridgehead atoms. The van der Waals surface area contributed by atoms with Gasteiger partial charge in [0.05, 0.1) is 20.6 Å². The molecule has 2 unspecified atom stereocenters. The van der Waals surface area contributed by atoms with Gasteiger partial charge in [0.2, 0.25) is 6.10 Å². The number of hydrogen-bond donors (Lipinski definition) is 0. The molecule has 0 aromatic rings. The van der Waals surface area contributed by atoms with E-state index in [1.165, 1.54) is 0 Å². The number of piperidine rings is 1. The van der Waals surface area contributed by atoms with E-state index in [4.69, 9.17) is 0 Å². The van der Waals surface area contributed by atoms with Crippen LogP contribution in [0.1, 0.15) is 25.7 Å². The Balaban J connectivity index is 1.94. The van der Waals surface area contributed by atoms with Crippen molar-refractivity contribution in [1.29, 1.82) is 0 Å². The molecule has 2 rings (SSSR count). The van der Waals surface area contributed by atoms with Gasteiger partial charge >= 0.3 is 0 Å². The molecule has 0 spiro atoms. The predicted molar refractivity (Wildman–Crippen MR) is 38.7 cm³/mol. The van der Waals surface area contributed by atoms with Crippen molar-refractivity contribution in [2.24, 2.45) is 0 Å². The Bertz CT molecular complexity index is 208. The monoisotopic (exact) mass is 223 g/mol. The van der Waals surface area contributed by atoms with Crippen molar-refractivity contribution in [1.82, 2.24) is 4.90 Å². The van der Waals surface area contributed by atoms with E-state index in [-0.39, 0.29) is 6.04 Å². The number of halogens is 1. The summed E-state index contributed by atoms with van der Waals surface area (Å²) in [5.74, 6) is 0. The molecular weight excluding hydrogens is 210 g/mol. The van der Waals surface area contributed by atoms with Crippen LogP contribution in [-0.4, -0.2) is 30.1 Å². The highest BCUT2D eigenvalue weighted by Gasteiger charge is 2.44. The lowest BCUT2D eigenvalue weighted by atomic mass is 10.0. The summed E-state index contributed by atoms with van der Waals surface area (Å²) in [5, 5.41) is 0. The Hall–Kier alpha value is 0.0900. The van der Waals surface area contributed by atoms with E-state index in [2.05, 4.69) is 9.19 Å². The van der Waals surface area contributed by atoms with Gasteiger partial charge in [0.25, 0.3) is 0 Å². The summed E-state index contributed by atoms with van der Waals surface area (Å²) in [5.41, 5.74) is 0. The zero-order valence-electron chi connectivity index (χ0n) is 7.86. The third-order valence-corrected chi connectivity index (χ3v) is 3.46. The predicted octanol–water partition coefficient (Wildman–Crippen LogP) is -2.47. The van der Waals surface area contributed by atoms with Crippen LogP contribution < -0.4 is 14.0 Å². The average molecular weight is 224 g/mol. The molecule has 0 aromatic heterocycles. The second-order valence-electron chi connectivity index (χ2n) is 3.89. The lowest BCUT2D eigenvalue weighted by Crippen LogP contribution is -2.63. The minimum atomic E-state index is -4.26. The van der Waals surface area contributed by atoms with Crippen LogP contribution in [0.15, 0.2) is 0 Å². The minimum absolute atomic E-state index is 0.139. The highest BCUT2D eigenvalue weighted by Crippen LogP contribution is 2.29. The highest BCUT2D eigenvalue weighted by molar-refractivity contribution is 4.89. The first-order valence-corrected chi connectivity index (χ1v) is 6.13. The maximum absolute atomic E-state index is 10.4. The van der Waals surface area contributed by atoms with E-state index in [1.54, 1.807) is 0 Å². The van der Waals surface area contributed by atoms with E-state index in [1.807, 2.05) is 0 Å². The van der Waals surface area contributed by atoms with E-state index >= 15 is 0 Å². The average Bonchev–Trinajstić information content (AvgIpc) is 2.47. The van der Waals surface area contributed by atoms with Crippen LogP contribution in [-0.2, 0) is 4.29 Å². The van der Waals surface area contributed by atoms with Crippen molar-refractivity contribution in [2.75, 3.05) is 13.1 Å². The number of hydrogen-bond acceptors (Lipinski definition) is 5. The lowest BCUT2D eigenvalue weighted by molar-refractivity contribution is -1.92. The third-order valence-electron chi connectivity index (χ3n) is 3.02. The Morgan fingerprint density at radius 2 is 1.86 bits per heavy atom. The first-order chi connectivity index (χ1) is 6.56. The van der Waals surface area contributed by atoms with Crippen LogP contribution in [0.3, 0.4) is 0 Å². The first kappa shape index (κ1) is 10.6. The summed E-state index contributed by atoms with van der Waals surface area (Å²) in [6, 6.07) is 0.139. The highest BCUT2D eigenvalue weighted by atomic mass is 35.7. The Kier molecular flexibility index (Phi) is 2.97. The molecule has 5 nitrogen and oxygen atoms in total. The van der Waals surface area contributed by atoms with Crippen molar-refractivity contribution in [3.8, 4) is 0 Å². The molecule has 0 aromatic carbocycles. The molecule has 0 N–H and O–H groups in total. The van der Waals surface area contributed by atoms with Crippen molar-refractivity contribution in [3.63, 3.8) is 0 Å². The van der Waals surface area contributed by atoms with Crippen molar-refractivity contribution in [2.45, 2.75) is 37.8 Å². The molecule has 0 saturated carbocycles. The second-order valence-corrected chi connectivity index (χ2v) is 4.83. The molecular formula is C8H14ClNO4. The smallest absolute Gasteiger partial charge is 0.230 e. The van der Waals surface area contributed by atoms with Crippen molar-refractivity contribution < 1.29 is 28.5 Å². The molecule has 0 amide bonds. The summed E-state index contributed by atoms with van der Waals surface area (Å²) >= 11 is 0. The molecule has 0 radical (unpaired) electrons.